The van der Waals surface area contributed by atoms with Crippen LogP contribution in [0.2, 0.25) is 0 Å². The van der Waals surface area contributed by atoms with Crippen molar-refractivity contribution < 1.29 is 28.6 Å². The summed E-state index contributed by atoms with van der Waals surface area (Å²) in [7, 11) is 0. The lowest BCUT2D eigenvalue weighted by Gasteiger charge is -2.31. The second kappa shape index (κ2) is 21.8. The quantitative estimate of drug-likeness (QED) is 0.0602. The van der Waals surface area contributed by atoms with Crippen LogP contribution in [0.25, 0.3) is 0 Å². The Labute approximate surface area is 280 Å². The third-order valence-electron chi connectivity index (χ3n) is 7.05. The maximum Gasteiger partial charge on any atom is 0.306 e. The molecule has 0 bridgehead atoms. The number of thioether (sulfide) groups is 3. The molecular weight excluding hydrogens is 625 g/mol. The number of rotatable bonds is 22. The normalized spacial score (nSPS) is 11.1. The Morgan fingerprint density at radius 3 is 1.07 bits per heavy atom. The Hall–Kier alpha value is -2.88. The van der Waals surface area contributed by atoms with Gasteiger partial charge in [-0.3, -0.25) is 14.4 Å². The summed E-state index contributed by atoms with van der Waals surface area (Å²) in [6, 6.07) is 30.3. The van der Waals surface area contributed by atoms with Crippen molar-refractivity contribution in [2.45, 2.75) is 49.9 Å². The second-order valence-corrected chi connectivity index (χ2v) is 14.0. The van der Waals surface area contributed by atoms with Crippen LogP contribution < -0.4 is 0 Å². The molecule has 0 saturated carbocycles. The van der Waals surface area contributed by atoms with E-state index in [0.29, 0.717) is 23.7 Å². The number of carbonyl (C=O) groups is 3. The first-order valence-corrected chi connectivity index (χ1v) is 18.8. The van der Waals surface area contributed by atoms with Crippen molar-refractivity contribution in [2.24, 2.45) is 5.41 Å². The van der Waals surface area contributed by atoms with Gasteiger partial charge in [-0.05, 0) is 23.1 Å². The molecule has 0 unspecified atom stereocenters. The number of benzene rings is 3. The molecule has 0 heterocycles. The van der Waals surface area contributed by atoms with E-state index in [1.165, 1.54) is 16.7 Å². The topological polar surface area (TPSA) is 78.9 Å². The summed E-state index contributed by atoms with van der Waals surface area (Å²) in [5.41, 5.74) is 2.82. The van der Waals surface area contributed by atoms with E-state index in [1.54, 1.807) is 35.3 Å². The van der Waals surface area contributed by atoms with Crippen LogP contribution in [0.1, 0.15) is 49.3 Å². The monoisotopic (exact) mass is 668 g/mol. The van der Waals surface area contributed by atoms with E-state index in [4.69, 9.17) is 14.2 Å². The maximum absolute atomic E-state index is 12.6. The van der Waals surface area contributed by atoms with Crippen LogP contribution in [-0.4, -0.2) is 55.0 Å². The van der Waals surface area contributed by atoms with Crippen molar-refractivity contribution in [2.75, 3.05) is 37.1 Å². The molecule has 3 aromatic rings. The van der Waals surface area contributed by atoms with Crippen LogP contribution in [0.5, 0.6) is 0 Å². The van der Waals surface area contributed by atoms with E-state index in [2.05, 4.69) is 36.4 Å². The van der Waals surface area contributed by atoms with Crippen molar-refractivity contribution >= 4 is 53.2 Å². The fourth-order valence-corrected chi connectivity index (χ4v) is 6.76. The Kier molecular flexibility index (Phi) is 17.7. The lowest BCUT2D eigenvalue weighted by Crippen LogP contribution is -2.39. The van der Waals surface area contributed by atoms with Gasteiger partial charge < -0.3 is 14.2 Å². The lowest BCUT2D eigenvalue weighted by molar-refractivity contribution is -0.161. The zero-order valence-corrected chi connectivity index (χ0v) is 28.5. The first-order chi connectivity index (χ1) is 22.0. The predicted molar refractivity (Wildman–Crippen MR) is 187 cm³/mol. The van der Waals surface area contributed by atoms with Gasteiger partial charge in [0.25, 0.3) is 0 Å². The Morgan fingerprint density at radius 2 is 0.800 bits per heavy atom. The summed E-state index contributed by atoms with van der Waals surface area (Å²) in [5.74, 6) is 3.43. The van der Waals surface area contributed by atoms with Crippen molar-refractivity contribution in [3.8, 4) is 0 Å². The molecule has 0 spiro atoms. The molecule has 0 aliphatic rings. The van der Waals surface area contributed by atoms with E-state index >= 15 is 0 Å². The third kappa shape index (κ3) is 15.8. The molecule has 6 nitrogen and oxygen atoms in total. The maximum atomic E-state index is 12.6. The van der Waals surface area contributed by atoms with Crippen LogP contribution in [0.3, 0.4) is 0 Å². The average molecular weight is 669 g/mol. The van der Waals surface area contributed by atoms with E-state index in [0.717, 1.165) is 17.3 Å². The van der Waals surface area contributed by atoms with Crippen LogP contribution in [-0.2, 0) is 45.9 Å². The van der Waals surface area contributed by atoms with Gasteiger partial charge in [-0.15, -0.1) is 0 Å². The molecule has 3 aromatic carbocycles. The minimum Gasteiger partial charge on any atom is -0.465 e. The molecular formula is C36H44O6S3. The van der Waals surface area contributed by atoms with E-state index in [1.807, 2.05) is 61.5 Å². The summed E-state index contributed by atoms with van der Waals surface area (Å²) in [5, 5.41) is 0. The highest BCUT2D eigenvalue weighted by Gasteiger charge is 2.34. The van der Waals surface area contributed by atoms with Gasteiger partial charge >= 0.3 is 17.9 Å². The molecule has 0 aliphatic carbocycles. The van der Waals surface area contributed by atoms with Gasteiger partial charge in [-0.25, -0.2) is 0 Å². The van der Waals surface area contributed by atoms with Crippen molar-refractivity contribution in [1.82, 2.24) is 0 Å². The summed E-state index contributed by atoms with van der Waals surface area (Å²) in [6.07, 6.45) is 1.32. The number of hydrogen-bond donors (Lipinski definition) is 0. The third-order valence-corrected chi connectivity index (χ3v) is 10.1. The summed E-state index contributed by atoms with van der Waals surface area (Å²) in [4.78, 5) is 37.9. The Morgan fingerprint density at radius 1 is 0.511 bits per heavy atom. The van der Waals surface area contributed by atoms with Gasteiger partial charge in [0.1, 0.15) is 19.8 Å². The number of esters is 3. The minimum atomic E-state index is -0.813. The Bertz CT molecular complexity index is 1100. The van der Waals surface area contributed by atoms with E-state index in [9.17, 15) is 14.4 Å². The van der Waals surface area contributed by atoms with Crippen molar-refractivity contribution in [3.63, 3.8) is 0 Å². The molecule has 0 aliphatic heterocycles. The molecule has 0 N–H and O–H groups in total. The van der Waals surface area contributed by atoms with Gasteiger partial charge in [0, 0.05) is 34.5 Å². The molecule has 0 saturated heterocycles. The molecule has 45 heavy (non-hydrogen) atoms. The lowest BCUT2D eigenvalue weighted by atomic mass is 9.88. The van der Waals surface area contributed by atoms with Gasteiger partial charge in [0.05, 0.1) is 24.7 Å². The predicted octanol–water partition coefficient (Wildman–Crippen LogP) is 7.98. The molecule has 0 amide bonds. The Balaban J connectivity index is 1.44. The summed E-state index contributed by atoms with van der Waals surface area (Å²) < 4.78 is 17.0. The van der Waals surface area contributed by atoms with Gasteiger partial charge in [0.2, 0.25) is 0 Å². The molecule has 0 aromatic heterocycles. The highest BCUT2D eigenvalue weighted by atomic mass is 32.2. The fraction of sp³-hybridized carbons (Fsp3) is 0.417. The average Bonchev–Trinajstić information content (AvgIpc) is 3.08. The molecule has 0 fully saturated rings. The summed E-state index contributed by atoms with van der Waals surface area (Å²) >= 11 is 5.02. The first-order valence-electron chi connectivity index (χ1n) is 15.3. The highest BCUT2D eigenvalue weighted by Crippen LogP contribution is 2.26. The van der Waals surface area contributed by atoms with Crippen LogP contribution in [0, 0.1) is 5.41 Å². The van der Waals surface area contributed by atoms with Crippen LogP contribution in [0.15, 0.2) is 91.0 Å². The smallest absolute Gasteiger partial charge is 0.306 e. The van der Waals surface area contributed by atoms with Gasteiger partial charge in [-0.2, -0.15) is 35.3 Å². The zero-order chi connectivity index (χ0) is 32.0. The van der Waals surface area contributed by atoms with Gasteiger partial charge in [-0.1, -0.05) is 97.9 Å². The molecule has 9 heteroatoms. The minimum absolute atomic E-state index is 0.0117. The van der Waals surface area contributed by atoms with E-state index in [-0.39, 0.29) is 57.0 Å². The van der Waals surface area contributed by atoms with Crippen molar-refractivity contribution in [1.29, 1.82) is 0 Å². The standard InChI is InChI=1S/C36H44O6S3/c1-2-36(27-40-33(37)18-21-43-24-30-12-6-3-7-13-30,28-41-34(38)19-22-44-25-31-14-8-4-9-15-31)29-42-35(39)20-23-45-26-32-16-10-5-11-17-32/h3-17H,2,18-29H2,1H3. The fourth-order valence-electron chi connectivity index (χ4n) is 4.11. The molecule has 0 radical (unpaired) electrons. The number of hydrogen-bond acceptors (Lipinski definition) is 9. The van der Waals surface area contributed by atoms with E-state index < -0.39 is 5.41 Å². The number of ether oxygens (including phenoxy) is 3. The van der Waals surface area contributed by atoms with Gasteiger partial charge in [0.15, 0.2) is 0 Å². The largest absolute Gasteiger partial charge is 0.465 e. The van der Waals surface area contributed by atoms with Crippen LogP contribution >= 0.6 is 35.3 Å². The highest BCUT2D eigenvalue weighted by molar-refractivity contribution is 7.98. The number of carbonyl (C=O) groups excluding carboxylic acids is 3. The van der Waals surface area contributed by atoms with Crippen molar-refractivity contribution in [3.05, 3.63) is 108 Å². The summed E-state index contributed by atoms with van der Waals surface area (Å²) in [6.45, 7) is 1.96. The zero-order valence-electron chi connectivity index (χ0n) is 26.0. The second-order valence-electron chi connectivity index (χ2n) is 10.7. The van der Waals surface area contributed by atoms with Crippen LogP contribution in [0.4, 0.5) is 0 Å². The SMILES string of the molecule is CCC(COC(=O)CCSCc1ccccc1)(COC(=O)CCSCc1ccccc1)COC(=O)CCSCc1ccccc1. The first kappa shape index (κ1) is 36.6. The molecule has 242 valence electrons. The molecule has 3 rings (SSSR count). The molecule has 0 atom stereocenters.